The van der Waals surface area contributed by atoms with Crippen molar-refractivity contribution in [1.82, 2.24) is 15.5 Å². The summed E-state index contributed by atoms with van der Waals surface area (Å²) in [6.45, 7) is 6.08. The highest BCUT2D eigenvalue weighted by Gasteiger charge is 2.11. The molecule has 0 aliphatic heterocycles. The Morgan fingerprint density at radius 1 is 1.56 bits per heavy atom. The molecule has 0 amide bonds. The van der Waals surface area contributed by atoms with E-state index in [2.05, 4.69) is 15.5 Å². The van der Waals surface area contributed by atoms with Crippen LogP contribution in [-0.2, 0) is 9.84 Å². The van der Waals surface area contributed by atoms with Crippen molar-refractivity contribution >= 4 is 9.84 Å². The molecule has 1 aromatic rings. The van der Waals surface area contributed by atoms with Crippen molar-refractivity contribution in [3.63, 3.8) is 0 Å². The number of aryl methyl sites for hydroxylation is 1. The van der Waals surface area contributed by atoms with E-state index in [1.54, 1.807) is 13.1 Å². The summed E-state index contributed by atoms with van der Waals surface area (Å²) in [6.07, 6.45) is 1.77. The third-order valence-corrected chi connectivity index (χ3v) is 4.34. The van der Waals surface area contributed by atoms with Crippen molar-refractivity contribution in [1.29, 1.82) is 0 Å². The van der Waals surface area contributed by atoms with Gasteiger partial charge in [0.15, 0.2) is 9.84 Å². The second-order valence-electron chi connectivity index (χ2n) is 3.86. The van der Waals surface area contributed by atoms with Crippen molar-refractivity contribution in [3.05, 3.63) is 17.5 Å². The van der Waals surface area contributed by atoms with Gasteiger partial charge in [-0.3, -0.25) is 5.10 Å². The molecule has 1 rings (SSSR count). The number of nitrogens with one attached hydrogen (secondary N) is 2. The zero-order valence-corrected chi connectivity index (χ0v) is 10.8. The lowest BCUT2D eigenvalue weighted by Gasteiger charge is -2.12. The summed E-state index contributed by atoms with van der Waals surface area (Å²) in [4.78, 5) is 0. The topological polar surface area (TPSA) is 74.8 Å². The molecule has 0 saturated heterocycles. The Balaban J connectivity index is 2.43. The standard InChI is InChI=1S/C10H19N3O2S/c1-4-16(14,15)6-5-11-8(2)10-7-12-13-9(10)3/h7-8,11H,4-6H2,1-3H3,(H,12,13). The first-order valence-electron chi connectivity index (χ1n) is 5.40. The van der Waals surface area contributed by atoms with Crippen molar-refractivity contribution < 1.29 is 8.42 Å². The monoisotopic (exact) mass is 245 g/mol. The van der Waals surface area contributed by atoms with E-state index < -0.39 is 9.84 Å². The van der Waals surface area contributed by atoms with Crippen LogP contribution in [0.25, 0.3) is 0 Å². The molecule has 1 heterocycles. The minimum absolute atomic E-state index is 0.116. The van der Waals surface area contributed by atoms with Gasteiger partial charge >= 0.3 is 0 Å². The molecule has 0 aliphatic rings. The van der Waals surface area contributed by atoms with Crippen molar-refractivity contribution in [3.8, 4) is 0 Å². The molecule has 16 heavy (non-hydrogen) atoms. The Hall–Kier alpha value is -0.880. The fourth-order valence-corrected chi connectivity index (χ4v) is 2.20. The maximum Gasteiger partial charge on any atom is 0.151 e. The number of aromatic amines is 1. The molecule has 0 radical (unpaired) electrons. The Morgan fingerprint density at radius 2 is 2.25 bits per heavy atom. The van der Waals surface area contributed by atoms with E-state index in [9.17, 15) is 8.42 Å². The third kappa shape index (κ3) is 3.61. The summed E-state index contributed by atoms with van der Waals surface area (Å²) < 4.78 is 22.6. The van der Waals surface area contributed by atoms with Crippen molar-refractivity contribution in [2.24, 2.45) is 0 Å². The van der Waals surface area contributed by atoms with Crippen LogP contribution < -0.4 is 5.32 Å². The number of aromatic nitrogens is 2. The van der Waals surface area contributed by atoms with Crippen LogP contribution in [-0.4, -0.2) is 36.7 Å². The molecule has 2 N–H and O–H groups in total. The van der Waals surface area contributed by atoms with E-state index in [1.807, 2.05) is 13.8 Å². The summed E-state index contributed by atoms with van der Waals surface area (Å²) in [6, 6.07) is 0.116. The van der Waals surface area contributed by atoms with Crippen LogP contribution >= 0.6 is 0 Å². The highest BCUT2D eigenvalue weighted by atomic mass is 32.2. The second kappa shape index (κ2) is 5.45. The number of H-pyrrole nitrogens is 1. The molecule has 5 nitrogen and oxygen atoms in total. The summed E-state index contributed by atoms with van der Waals surface area (Å²) in [5.74, 6) is 0.387. The molecule has 0 fully saturated rings. The molecule has 92 valence electrons. The third-order valence-electron chi connectivity index (χ3n) is 2.64. The Bertz CT molecular complexity index is 425. The van der Waals surface area contributed by atoms with Gasteiger partial charge in [0.2, 0.25) is 0 Å². The average molecular weight is 245 g/mol. The zero-order chi connectivity index (χ0) is 12.2. The first kappa shape index (κ1) is 13.2. The second-order valence-corrected chi connectivity index (χ2v) is 6.34. The quantitative estimate of drug-likeness (QED) is 0.777. The molecule has 0 aliphatic carbocycles. The Morgan fingerprint density at radius 3 is 2.75 bits per heavy atom. The lowest BCUT2D eigenvalue weighted by molar-refractivity contribution is 0.572. The lowest BCUT2D eigenvalue weighted by atomic mass is 10.1. The predicted molar refractivity (Wildman–Crippen MR) is 64.1 cm³/mol. The van der Waals surface area contributed by atoms with Gasteiger partial charge in [-0.05, 0) is 13.8 Å². The fraction of sp³-hybridized carbons (Fsp3) is 0.700. The highest BCUT2D eigenvalue weighted by Crippen LogP contribution is 2.13. The number of sulfone groups is 1. The molecule has 1 atom stereocenters. The summed E-state index contributed by atoms with van der Waals surface area (Å²) >= 11 is 0. The van der Waals surface area contributed by atoms with Crippen LogP contribution in [0.1, 0.15) is 31.1 Å². The van der Waals surface area contributed by atoms with Gasteiger partial charge < -0.3 is 5.32 Å². The molecule has 0 saturated carbocycles. The van der Waals surface area contributed by atoms with E-state index in [4.69, 9.17) is 0 Å². The number of rotatable bonds is 6. The smallest absolute Gasteiger partial charge is 0.151 e. The van der Waals surface area contributed by atoms with Crippen molar-refractivity contribution in [2.75, 3.05) is 18.1 Å². The van der Waals surface area contributed by atoms with Gasteiger partial charge in [-0.1, -0.05) is 6.92 Å². The van der Waals surface area contributed by atoms with Crippen LogP contribution in [0.4, 0.5) is 0 Å². The van der Waals surface area contributed by atoms with E-state index >= 15 is 0 Å². The predicted octanol–water partition coefficient (Wildman–Crippen LogP) is 0.803. The molecule has 0 spiro atoms. The van der Waals surface area contributed by atoms with Gasteiger partial charge in [-0.15, -0.1) is 0 Å². The summed E-state index contributed by atoms with van der Waals surface area (Å²) in [5.41, 5.74) is 2.09. The summed E-state index contributed by atoms with van der Waals surface area (Å²) in [7, 11) is -2.88. The normalized spacial score (nSPS) is 13.9. The van der Waals surface area contributed by atoms with Crippen LogP contribution in [0.3, 0.4) is 0 Å². The van der Waals surface area contributed by atoms with E-state index in [0.717, 1.165) is 11.3 Å². The van der Waals surface area contributed by atoms with Crippen molar-refractivity contribution in [2.45, 2.75) is 26.8 Å². The number of hydrogen-bond donors (Lipinski definition) is 2. The van der Waals surface area contributed by atoms with E-state index in [1.165, 1.54) is 0 Å². The van der Waals surface area contributed by atoms with Gasteiger partial charge in [-0.2, -0.15) is 5.10 Å². The minimum atomic E-state index is -2.88. The number of hydrogen-bond acceptors (Lipinski definition) is 4. The molecular formula is C10H19N3O2S. The fourth-order valence-electron chi connectivity index (χ4n) is 1.48. The number of nitrogens with zero attached hydrogens (tertiary/aromatic N) is 1. The van der Waals surface area contributed by atoms with Gasteiger partial charge in [-0.25, -0.2) is 8.42 Å². The molecule has 6 heteroatoms. The Kier molecular flexibility index (Phi) is 4.49. The van der Waals surface area contributed by atoms with E-state index in [-0.39, 0.29) is 17.5 Å². The van der Waals surface area contributed by atoms with Crippen LogP contribution in [0.5, 0.6) is 0 Å². The first-order chi connectivity index (χ1) is 7.46. The molecule has 1 unspecified atom stereocenters. The van der Waals surface area contributed by atoms with Gasteiger partial charge in [0, 0.05) is 29.6 Å². The average Bonchev–Trinajstić information content (AvgIpc) is 2.64. The Labute approximate surface area is 96.6 Å². The van der Waals surface area contributed by atoms with Gasteiger partial charge in [0.1, 0.15) is 0 Å². The first-order valence-corrected chi connectivity index (χ1v) is 7.22. The maximum atomic E-state index is 11.3. The molecule has 0 aromatic carbocycles. The van der Waals surface area contributed by atoms with Gasteiger partial charge in [0.05, 0.1) is 11.9 Å². The largest absolute Gasteiger partial charge is 0.309 e. The SMILES string of the molecule is CCS(=O)(=O)CCNC(C)c1cn[nH]c1C. The lowest BCUT2D eigenvalue weighted by Crippen LogP contribution is -2.26. The molecule has 1 aromatic heterocycles. The maximum absolute atomic E-state index is 11.3. The highest BCUT2D eigenvalue weighted by molar-refractivity contribution is 7.91. The zero-order valence-electron chi connectivity index (χ0n) is 9.95. The molecular weight excluding hydrogens is 226 g/mol. The van der Waals surface area contributed by atoms with Crippen LogP contribution in [0.15, 0.2) is 6.20 Å². The van der Waals surface area contributed by atoms with Crippen LogP contribution in [0, 0.1) is 6.92 Å². The van der Waals surface area contributed by atoms with Crippen LogP contribution in [0.2, 0.25) is 0 Å². The molecule has 0 bridgehead atoms. The van der Waals surface area contributed by atoms with Gasteiger partial charge in [0.25, 0.3) is 0 Å². The summed E-state index contributed by atoms with van der Waals surface area (Å²) in [5, 5.41) is 9.97. The van der Waals surface area contributed by atoms with E-state index in [0.29, 0.717) is 6.54 Å². The minimum Gasteiger partial charge on any atom is -0.309 e.